The highest BCUT2D eigenvalue weighted by molar-refractivity contribution is 6.35. The zero-order chi connectivity index (χ0) is 16.7. The van der Waals surface area contributed by atoms with Gasteiger partial charge in [-0.3, -0.25) is 4.99 Å². The van der Waals surface area contributed by atoms with E-state index in [0.29, 0.717) is 10.0 Å². The summed E-state index contributed by atoms with van der Waals surface area (Å²) in [6, 6.07) is 5.61. The second kappa shape index (κ2) is 6.07. The van der Waals surface area contributed by atoms with Crippen molar-refractivity contribution in [3.8, 4) is 0 Å². The fourth-order valence-electron chi connectivity index (χ4n) is 3.07. The average Bonchev–Trinajstić information content (AvgIpc) is 3.04. The number of nitrogen functional groups attached to an aromatic ring is 1. The van der Waals surface area contributed by atoms with Crippen LogP contribution in [0, 0.1) is 0 Å². The van der Waals surface area contributed by atoms with Gasteiger partial charge in [0.05, 0.1) is 6.54 Å². The van der Waals surface area contributed by atoms with Crippen LogP contribution in [-0.2, 0) is 6.42 Å². The van der Waals surface area contributed by atoms with Crippen molar-refractivity contribution >= 4 is 46.9 Å². The van der Waals surface area contributed by atoms with Gasteiger partial charge in [-0.05, 0) is 42.2 Å². The summed E-state index contributed by atoms with van der Waals surface area (Å²) in [7, 11) is 0. The van der Waals surface area contributed by atoms with Crippen molar-refractivity contribution in [3.63, 3.8) is 0 Å². The van der Waals surface area contributed by atoms with E-state index in [2.05, 4.69) is 25.9 Å². The molecule has 3 heterocycles. The Balaban J connectivity index is 1.63. The number of anilines is 2. The van der Waals surface area contributed by atoms with Gasteiger partial charge < -0.3 is 10.6 Å². The molecule has 7 heteroatoms. The number of aryl methyl sites for hydroxylation is 1. The molecule has 0 fully saturated rings. The molecule has 0 bridgehead atoms. The summed E-state index contributed by atoms with van der Waals surface area (Å²) in [6.07, 6.45) is 5.52. The Hall–Kier alpha value is -2.11. The highest BCUT2D eigenvalue weighted by Gasteiger charge is 2.29. The number of aromatic nitrogens is 2. The van der Waals surface area contributed by atoms with E-state index in [1.165, 1.54) is 5.57 Å². The van der Waals surface area contributed by atoms with Crippen molar-refractivity contribution in [3.05, 3.63) is 51.1 Å². The van der Waals surface area contributed by atoms with Crippen molar-refractivity contribution < 1.29 is 0 Å². The maximum Gasteiger partial charge on any atom is 0.221 e. The highest BCUT2D eigenvalue weighted by Crippen LogP contribution is 2.33. The van der Waals surface area contributed by atoms with Gasteiger partial charge in [0.2, 0.25) is 5.95 Å². The van der Waals surface area contributed by atoms with Crippen LogP contribution >= 0.6 is 23.2 Å². The average molecular weight is 360 g/mol. The first-order chi connectivity index (χ1) is 11.6. The summed E-state index contributed by atoms with van der Waals surface area (Å²) in [6.45, 7) is 1.58. The van der Waals surface area contributed by atoms with Crippen LogP contribution < -0.4 is 10.6 Å². The molecule has 5 nitrogen and oxygen atoms in total. The van der Waals surface area contributed by atoms with Gasteiger partial charge in [0.25, 0.3) is 0 Å². The van der Waals surface area contributed by atoms with Gasteiger partial charge in [-0.1, -0.05) is 29.3 Å². The SMILES string of the molecule is Nc1ncc2c(n1)N1CCN=C1C(CCc1ccc(Cl)cc1Cl)=C2. The number of halogens is 2. The number of hydrogen-bond donors (Lipinski definition) is 1. The zero-order valence-electron chi connectivity index (χ0n) is 12.8. The smallest absolute Gasteiger partial charge is 0.221 e. The number of rotatable bonds is 3. The van der Waals surface area contributed by atoms with Crippen molar-refractivity contribution in [1.29, 1.82) is 0 Å². The molecule has 0 saturated carbocycles. The molecule has 0 aliphatic carbocycles. The molecule has 122 valence electrons. The standard InChI is InChI=1S/C17H15Cl2N5/c18-13-4-3-10(14(19)8-13)1-2-11-7-12-9-22-17(20)23-16(12)24-6-5-21-15(11)24/h3-4,7-9H,1-2,5-6H2,(H2,20,22,23). The minimum absolute atomic E-state index is 0.282. The third-order valence-electron chi connectivity index (χ3n) is 4.21. The van der Waals surface area contributed by atoms with Crippen LogP contribution in [0.2, 0.25) is 10.0 Å². The fourth-order valence-corrected chi connectivity index (χ4v) is 3.57. The van der Waals surface area contributed by atoms with Gasteiger partial charge in [-0.25, -0.2) is 4.98 Å². The molecule has 2 aliphatic heterocycles. The third-order valence-corrected chi connectivity index (χ3v) is 4.79. The summed E-state index contributed by atoms with van der Waals surface area (Å²) in [5.74, 6) is 2.10. The van der Waals surface area contributed by atoms with Gasteiger partial charge in [0, 0.05) is 28.4 Å². The van der Waals surface area contributed by atoms with E-state index < -0.39 is 0 Å². The molecule has 0 spiro atoms. The van der Waals surface area contributed by atoms with E-state index >= 15 is 0 Å². The molecule has 0 radical (unpaired) electrons. The van der Waals surface area contributed by atoms with Crippen molar-refractivity contribution in [1.82, 2.24) is 9.97 Å². The highest BCUT2D eigenvalue weighted by atomic mass is 35.5. The molecule has 2 aliphatic rings. The van der Waals surface area contributed by atoms with Crippen LogP contribution in [-0.4, -0.2) is 28.9 Å². The molecule has 2 N–H and O–H groups in total. The summed E-state index contributed by atoms with van der Waals surface area (Å²) in [5, 5.41) is 1.34. The van der Waals surface area contributed by atoms with E-state index in [1.54, 1.807) is 12.3 Å². The molecule has 4 rings (SSSR count). The van der Waals surface area contributed by atoms with Crippen LogP contribution in [0.5, 0.6) is 0 Å². The normalized spacial score (nSPS) is 15.7. The minimum Gasteiger partial charge on any atom is -0.368 e. The topological polar surface area (TPSA) is 67.4 Å². The Morgan fingerprint density at radius 2 is 2.08 bits per heavy atom. The first kappa shape index (κ1) is 15.4. The Kier molecular flexibility index (Phi) is 3.90. The van der Waals surface area contributed by atoms with Gasteiger partial charge >= 0.3 is 0 Å². The lowest BCUT2D eigenvalue weighted by Crippen LogP contribution is -2.33. The molecular weight excluding hydrogens is 345 g/mol. The van der Waals surface area contributed by atoms with E-state index in [9.17, 15) is 0 Å². The molecule has 24 heavy (non-hydrogen) atoms. The second-order valence-electron chi connectivity index (χ2n) is 5.77. The van der Waals surface area contributed by atoms with Crippen LogP contribution in [0.3, 0.4) is 0 Å². The number of amidine groups is 1. The Bertz CT molecular complexity index is 875. The number of benzene rings is 1. The van der Waals surface area contributed by atoms with Crippen LogP contribution in [0.4, 0.5) is 11.8 Å². The van der Waals surface area contributed by atoms with E-state index in [1.807, 2.05) is 12.1 Å². The number of hydrogen-bond acceptors (Lipinski definition) is 5. The third kappa shape index (κ3) is 2.74. The van der Waals surface area contributed by atoms with Crippen molar-refractivity contribution in [2.24, 2.45) is 4.99 Å². The molecule has 0 atom stereocenters. The molecule has 0 unspecified atom stereocenters. The summed E-state index contributed by atoms with van der Waals surface area (Å²) >= 11 is 12.2. The largest absolute Gasteiger partial charge is 0.368 e. The van der Waals surface area contributed by atoms with Crippen LogP contribution in [0.25, 0.3) is 6.08 Å². The predicted octanol–water partition coefficient (Wildman–Crippen LogP) is 3.61. The Morgan fingerprint density at radius 3 is 2.92 bits per heavy atom. The van der Waals surface area contributed by atoms with Crippen LogP contribution in [0.15, 0.2) is 35.0 Å². The molecular formula is C17H15Cl2N5. The minimum atomic E-state index is 0.282. The van der Waals surface area contributed by atoms with E-state index in [4.69, 9.17) is 28.9 Å². The lowest BCUT2D eigenvalue weighted by Gasteiger charge is -2.27. The van der Waals surface area contributed by atoms with Gasteiger partial charge in [0.15, 0.2) is 0 Å². The number of fused-ring (bicyclic) bond motifs is 3. The predicted molar refractivity (Wildman–Crippen MR) is 98.9 cm³/mol. The molecule has 2 aromatic rings. The Morgan fingerprint density at radius 1 is 1.21 bits per heavy atom. The van der Waals surface area contributed by atoms with Crippen molar-refractivity contribution in [2.75, 3.05) is 23.7 Å². The van der Waals surface area contributed by atoms with Crippen LogP contribution in [0.1, 0.15) is 17.5 Å². The molecule has 1 aromatic heterocycles. The zero-order valence-corrected chi connectivity index (χ0v) is 14.3. The summed E-state index contributed by atoms with van der Waals surface area (Å²) in [5.41, 5.74) is 8.94. The number of nitrogens with two attached hydrogens (primary N) is 1. The second-order valence-corrected chi connectivity index (χ2v) is 6.61. The quantitative estimate of drug-likeness (QED) is 0.908. The first-order valence-corrected chi connectivity index (χ1v) is 8.47. The number of aliphatic imine (C=N–C) groups is 1. The fraction of sp³-hybridized carbons (Fsp3) is 0.235. The van der Waals surface area contributed by atoms with Crippen molar-refractivity contribution in [2.45, 2.75) is 12.8 Å². The maximum atomic E-state index is 6.28. The van der Waals surface area contributed by atoms with Gasteiger partial charge in [0.1, 0.15) is 11.7 Å². The monoisotopic (exact) mass is 359 g/mol. The summed E-state index contributed by atoms with van der Waals surface area (Å²) < 4.78 is 0. The number of nitrogens with zero attached hydrogens (tertiary/aromatic N) is 4. The molecule has 1 aromatic carbocycles. The van der Waals surface area contributed by atoms with E-state index in [-0.39, 0.29) is 5.95 Å². The lowest BCUT2D eigenvalue weighted by molar-refractivity contribution is 0.955. The lowest BCUT2D eigenvalue weighted by atomic mass is 9.99. The van der Waals surface area contributed by atoms with E-state index in [0.717, 1.165) is 48.7 Å². The Labute approximate surface area is 149 Å². The van der Waals surface area contributed by atoms with Gasteiger partial charge in [-0.2, -0.15) is 4.98 Å². The van der Waals surface area contributed by atoms with Gasteiger partial charge in [-0.15, -0.1) is 0 Å². The first-order valence-electron chi connectivity index (χ1n) is 7.71. The maximum absolute atomic E-state index is 6.28. The molecule has 0 saturated heterocycles. The molecule has 0 amide bonds. The summed E-state index contributed by atoms with van der Waals surface area (Å²) in [4.78, 5) is 15.2.